The highest BCUT2D eigenvalue weighted by atomic mass is 16.5. The van der Waals surface area contributed by atoms with Crippen molar-refractivity contribution in [2.24, 2.45) is 10.9 Å². The van der Waals surface area contributed by atoms with Gasteiger partial charge in [-0.25, -0.2) is 4.79 Å². The van der Waals surface area contributed by atoms with Gasteiger partial charge in [0.25, 0.3) is 0 Å². The Balaban J connectivity index is 2.05. The molecule has 1 aliphatic rings. The van der Waals surface area contributed by atoms with Crippen molar-refractivity contribution in [1.82, 2.24) is 9.80 Å². The van der Waals surface area contributed by atoms with Gasteiger partial charge in [-0.2, -0.15) is 0 Å². The molecule has 1 aromatic carbocycles. The Morgan fingerprint density at radius 1 is 1.24 bits per heavy atom. The normalized spacial score (nSPS) is 16.9. The quantitative estimate of drug-likeness (QED) is 0.374. The zero-order chi connectivity index (χ0) is 21.2. The van der Waals surface area contributed by atoms with Gasteiger partial charge in [0, 0.05) is 58.2 Å². The molecule has 2 N–H and O–H groups in total. The third kappa shape index (κ3) is 7.66. The van der Waals surface area contributed by atoms with Crippen LogP contribution in [0.15, 0.2) is 29.3 Å². The van der Waals surface area contributed by atoms with Crippen molar-refractivity contribution >= 4 is 17.6 Å². The van der Waals surface area contributed by atoms with Crippen LogP contribution in [0.3, 0.4) is 0 Å². The van der Waals surface area contributed by atoms with E-state index in [0.29, 0.717) is 25.1 Å². The van der Waals surface area contributed by atoms with Crippen LogP contribution in [0.25, 0.3) is 0 Å². The fourth-order valence-corrected chi connectivity index (χ4v) is 3.68. The summed E-state index contributed by atoms with van der Waals surface area (Å²) in [6.45, 7) is 12.0. The first-order valence-electron chi connectivity index (χ1n) is 10.5. The summed E-state index contributed by atoms with van der Waals surface area (Å²) >= 11 is 0. The highest BCUT2D eigenvalue weighted by Crippen LogP contribution is 2.16. The van der Waals surface area contributed by atoms with Crippen LogP contribution in [0.5, 0.6) is 0 Å². The molecule has 0 aromatic heterocycles. The van der Waals surface area contributed by atoms with Gasteiger partial charge in [-0.3, -0.25) is 9.89 Å². The second-order valence-electron chi connectivity index (χ2n) is 8.06. The van der Waals surface area contributed by atoms with E-state index in [1.54, 1.807) is 25.3 Å². The summed E-state index contributed by atoms with van der Waals surface area (Å²) in [6, 6.07) is 7.45. The van der Waals surface area contributed by atoms with Crippen LogP contribution in [0.4, 0.5) is 5.69 Å². The van der Waals surface area contributed by atoms with Gasteiger partial charge in [-0.1, -0.05) is 19.9 Å². The molecule has 0 radical (unpaired) electrons. The maximum Gasteiger partial charge on any atom is 0.335 e. The standard InChI is InChI=1S/C22H36N4O3/c1-17(2)15-18(3)25-10-12-26(13-11-25)22(23-9-6-14-29-4)24-20-8-5-7-19(16-20)21(27)28/h5,7-8,16-18H,6,9-15H2,1-4H3,(H,23,24)(H,27,28). The minimum Gasteiger partial charge on any atom is -0.478 e. The van der Waals surface area contributed by atoms with Gasteiger partial charge in [-0.15, -0.1) is 0 Å². The van der Waals surface area contributed by atoms with Crippen molar-refractivity contribution in [1.29, 1.82) is 0 Å². The Kier molecular flexibility index (Phi) is 9.41. The van der Waals surface area contributed by atoms with Crippen LogP contribution in [0.1, 0.15) is 44.0 Å². The number of carboxylic acids is 1. The Hall–Kier alpha value is -2.12. The molecule has 1 heterocycles. The second kappa shape index (κ2) is 11.8. The molecule has 0 aliphatic carbocycles. The van der Waals surface area contributed by atoms with Gasteiger partial charge in [0.2, 0.25) is 0 Å². The van der Waals surface area contributed by atoms with Crippen molar-refractivity contribution in [3.05, 3.63) is 29.8 Å². The molecule has 1 fully saturated rings. The molecule has 1 aromatic rings. The molecular weight excluding hydrogens is 368 g/mol. The van der Waals surface area contributed by atoms with Crippen molar-refractivity contribution in [3.8, 4) is 0 Å². The van der Waals surface area contributed by atoms with Crippen molar-refractivity contribution in [2.75, 3.05) is 51.8 Å². The van der Waals surface area contributed by atoms with Crippen molar-refractivity contribution < 1.29 is 14.6 Å². The number of benzene rings is 1. The molecule has 29 heavy (non-hydrogen) atoms. The maximum atomic E-state index is 11.3. The lowest BCUT2D eigenvalue weighted by atomic mass is 10.0. The summed E-state index contributed by atoms with van der Waals surface area (Å²) in [5.74, 6) is 0.573. The predicted octanol–water partition coefficient (Wildman–Crippen LogP) is 3.24. The van der Waals surface area contributed by atoms with E-state index >= 15 is 0 Å². The summed E-state index contributed by atoms with van der Waals surface area (Å²) in [4.78, 5) is 20.8. The van der Waals surface area contributed by atoms with E-state index in [1.165, 1.54) is 6.42 Å². The molecule has 1 aliphatic heterocycles. The van der Waals surface area contributed by atoms with Gasteiger partial charge in [0.05, 0.1) is 5.56 Å². The summed E-state index contributed by atoms with van der Waals surface area (Å²) in [5, 5.41) is 12.6. The van der Waals surface area contributed by atoms with Crippen LogP contribution in [0.2, 0.25) is 0 Å². The largest absolute Gasteiger partial charge is 0.478 e. The third-order valence-electron chi connectivity index (χ3n) is 5.18. The second-order valence-corrected chi connectivity index (χ2v) is 8.06. The first-order chi connectivity index (χ1) is 13.9. The summed E-state index contributed by atoms with van der Waals surface area (Å²) in [5.41, 5.74) is 1.01. The monoisotopic (exact) mass is 404 g/mol. The van der Waals surface area contributed by atoms with Crippen LogP contribution in [-0.4, -0.2) is 79.3 Å². The average Bonchev–Trinajstić information content (AvgIpc) is 2.70. The summed E-state index contributed by atoms with van der Waals surface area (Å²) in [6.07, 6.45) is 2.06. The zero-order valence-corrected chi connectivity index (χ0v) is 18.2. The molecule has 0 amide bonds. The van der Waals surface area contributed by atoms with E-state index in [1.807, 2.05) is 6.07 Å². The highest BCUT2D eigenvalue weighted by Gasteiger charge is 2.23. The summed E-state index contributed by atoms with van der Waals surface area (Å²) in [7, 11) is 1.69. The van der Waals surface area contributed by atoms with Crippen LogP contribution in [0, 0.1) is 5.92 Å². The predicted molar refractivity (Wildman–Crippen MR) is 118 cm³/mol. The number of ether oxygens (including phenoxy) is 1. The number of nitrogens with zero attached hydrogens (tertiary/aromatic N) is 3. The molecule has 1 unspecified atom stereocenters. The van der Waals surface area contributed by atoms with E-state index in [2.05, 4.69) is 35.9 Å². The van der Waals surface area contributed by atoms with E-state index in [0.717, 1.165) is 44.2 Å². The van der Waals surface area contributed by atoms with Crippen LogP contribution in [-0.2, 0) is 4.74 Å². The van der Waals surface area contributed by atoms with Gasteiger partial charge in [0.15, 0.2) is 5.96 Å². The Bertz CT molecular complexity index is 670. The molecule has 2 rings (SSSR count). The first-order valence-corrected chi connectivity index (χ1v) is 10.5. The molecule has 7 nitrogen and oxygen atoms in total. The number of anilines is 1. The summed E-state index contributed by atoms with van der Waals surface area (Å²) < 4.78 is 5.13. The molecule has 1 saturated heterocycles. The smallest absolute Gasteiger partial charge is 0.335 e. The number of carboxylic acid groups (broad SMARTS) is 1. The Labute approximate surface area is 174 Å². The van der Waals surface area contributed by atoms with Crippen molar-refractivity contribution in [3.63, 3.8) is 0 Å². The molecule has 0 bridgehead atoms. The Morgan fingerprint density at radius 3 is 2.59 bits per heavy atom. The Morgan fingerprint density at radius 2 is 1.97 bits per heavy atom. The number of hydrogen-bond acceptors (Lipinski definition) is 4. The molecule has 0 spiro atoms. The zero-order valence-electron chi connectivity index (χ0n) is 18.2. The lowest BCUT2D eigenvalue weighted by Gasteiger charge is -2.40. The number of nitrogens with one attached hydrogen (secondary N) is 1. The minimum atomic E-state index is -0.931. The van der Waals surface area contributed by atoms with Crippen molar-refractivity contribution in [2.45, 2.75) is 39.7 Å². The third-order valence-corrected chi connectivity index (χ3v) is 5.18. The maximum absolute atomic E-state index is 11.3. The topological polar surface area (TPSA) is 77.4 Å². The first kappa shape index (κ1) is 23.2. The van der Waals surface area contributed by atoms with E-state index in [9.17, 15) is 9.90 Å². The number of guanidine groups is 1. The fraction of sp³-hybridized carbons (Fsp3) is 0.636. The lowest BCUT2D eigenvalue weighted by Crippen LogP contribution is -2.53. The van der Waals surface area contributed by atoms with Gasteiger partial charge >= 0.3 is 5.97 Å². The van der Waals surface area contributed by atoms with Crippen LogP contribution < -0.4 is 5.32 Å². The SMILES string of the molecule is COCCCN=C(Nc1cccc(C(=O)O)c1)N1CCN(C(C)CC(C)C)CC1. The minimum absolute atomic E-state index is 0.265. The molecule has 1 atom stereocenters. The average molecular weight is 405 g/mol. The highest BCUT2D eigenvalue weighted by molar-refractivity contribution is 5.95. The number of carbonyl (C=O) groups is 1. The molecular formula is C22H36N4O3. The fourth-order valence-electron chi connectivity index (χ4n) is 3.68. The number of piperazine rings is 1. The number of aliphatic imine (C=N–C) groups is 1. The molecule has 7 heteroatoms. The molecule has 162 valence electrons. The lowest BCUT2D eigenvalue weighted by molar-refractivity contribution is 0.0697. The molecule has 0 saturated carbocycles. The van der Waals surface area contributed by atoms with Gasteiger partial charge < -0.3 is 20.1 Å². The number of aromatic carboxylic acids is 1. The van der Waals surface area contributed by atoms with Gasteiger partial charge in [-0.05, 0) is 43.9 Å². The van der Waals surface area contributed by atoms with E-state index in [-0.39, 0.29) is 5.56 Å². The van der Waals surface area contributed by atoms with Gasteiger partial charge in [0.1, 0.15) is 0 Å². The van der Waals surface area contributed by atoms with Crippen LogP contribution >= 0.6 is 0 Å². The van der Waals surface area contributed by atoms with E-state index in [4.69, 9.17) is 9.73 Å². The number of rotatable bonds is 9. The van der Waals surface area contributed by atoms with E-state index < -0.39 is 5.97 Å². The number of hydrogen-bond donors (Lipinski definition) is 2. The number of methoxy groups -OCH3 is 1.